The van der Waals surface area contributed by atoms with Gasteiger partial charge in [0.15, 0.2) is 0 Å². The van der Waals surface area contributed by atoms with Gasteiger partial charge in [0.1, 0.15) is 6.33 Å². The van der Waals surface area contributed by atoms with Gasteiger partial charge in [0.2, 0.25) is 11.8 Å². The van der Waals surface area contributed by atoms with Crippen LogP contribution in [0.5, 0.6) is 0 Å². The van der Waals surface area contributed by atoms with Gasteiger partial charge < -0.3 is 4.90 Å². The van der Waals surface area contributed by atoms with Crippen LogP contribution in [0.3, 0.4) is 0 Å². The molecule has 1 aliphatic heterocycles. The van der Waals surface area contributed by atoms with Crippen molar-refractivity contribution in [2.75, 3.05) is 6.54 Å². The number of rotatable bonds is 1. The van der Waals surface area contributed by atoms with E-state index in [-0.39, 0.29) is 23.3 Å². The van der Waals surface area contributed by atoms with Crippen LogP contribution < -0.4 is 0 Å². The van der Waals surface area contributed by atoms with E-state index >= 15 is 0 Å². The van der Waals surface area contributed by atoms with E-state index < -0.39 is 0 Å². The second-order valence-electron chi connectivity index (χ2n) is 5.38. The van der Waals surface area contributed by atoms with Gasteiger partial charge >= 0.3 is 0 Å². The van der Waals surface area contributed by atoms with Crippen LogP contribution in [0.4, 0.5) is 0 Å². The maximum absolute atomic E-state index is 12.1. The highest BCUT2D eigenvalue weighted by Crippen LogP contribution is 2.26. The zero-order chi connectivity index (χ0) is 12.6. The molecule has 1 saturated heterocycles. The summed E-state index contributed by atoms with van der Waals surface area (Å²) in [4.78, 5) is 29.5. The van der Waals surface area contributed by atoms with Crippen LogP contribution in [0.1, 0.15) is 32.0 Å². The minimum atomic E-state index is -0.254. The average Bonchev–Trinajstić information content (AvgIpc) is 2.83. The number of hydrogen-bond acceptors (Lipinski definition) is 3. The third-order valence-electron chi connectivity index (χ3n) is 3.04. The van der Waals surface area contributed by atoms with E-state index in [1.165, 1.54) is 10.9 Å². The largest absolute Gasteiger partial charge is 0.337 e. The Kier molecular flexibility index (Phi) is 2.77. The summed E-state index contributed by atoms with van der Waals surface area (Å²) in [5.41, 5.74) is -0.221. The second-order valence-corrected chi connectivity index (χ2v) is 5.38. The fourth-order valence-electron chi connectivity index (χ4n) is 2.12. The molecular weight excluding hydrogens is 218 g/mol. The van der Waals surface area contributed by atoms with Gasteiger partial charge in [0.05, 0.1) is 5.92 Å². The Bertz CT molecular complexity index is 431. The fourth-order valence-corrected chi connectivity index (χ4v) is 2.12. The van der Waals surface area contributed by atoms with Crippen LogP contribution in [0.25, 0.3) is 0 Å². The first kappa shape index (κ1) is 11.8. The third kappa shape index (κ3) is 2.23. The predicted octanol–water partition coefficient (Wildman–Crippen LogP) is 1.17. The number of amides is 1. The molecule has 0 saturated carbocycles. The number of likely N-dealkylation sites (tertiary alicyclic amines) is 1. The normalized spacial score (nSPS) is 21.0. The molecule has 92 valence electrons. The topological polar surface area (TPSA) is 55.2 Å². The highest BCUT2D eigenvalue weighted by molar-refractivity contribution is 5.90. The van der Waals surface area contributed by atoms with Gasteiger partial charge in [-0.05, 0) is 20.8 Å². The zero-order valence-corrected chi connectivity index (χ0v) is 10.4. The standard InChI is InChI=1S/C12H17N3O2/c1-12(2,3)15-7-9(6-10(15)16)11(17)14-5-4-13-8-14/h4-5,8-9H,6-7H2,1-3H3. The van der Waals surface area contributed by atoms with E-state index in [1.807, 2.05) is 20.8 Å². The summed E-state index contributed by atoms with van der Waals surface area (Å²) < 4.78 is 1.45. The van der Waals surface area contributed by atoms with Crippen LogP contribution >= 0.6 is 0 Å². The van der Waals surface area contributed by atoms with Gasteiger partial charge in [-0.1, -0.05) is 0 Å². The SMILES string of the molecule is CC(C)(C)N1CC(C(=O)n2ccnc2)CC1=O. The summed E-state index contributed by atoms with van der Waals surface area (Å²) in [6, 6.07) is 0. The first-order valence-corrected chi connectivity index (χ1v) is 5.72. The van der Waals surface area contributed by atoms with Crippen LogP contribution in [0.15, 0.2) is 18.7 Å². The second kappa shape index (κ2) is 3.98. The first-order valence-electron chi connectivity index (χ1n) is 5.72. The number of hydrogen-bond donors (Lipinski definition) is 0. The highest BCUT2D eigenvalue weighted by Gasteiger charge is 2.39. The lowest BCUT2D eigenvalue weighted by Crippen LogP contribution is -2.42. The molecule has 0 aromatic carbocycles. The van der Waals surface area contributed by atoms with Gasteiger partial charge in [-0.2, -0.15) is 0 Å². The molecular formula is C12H17N3O2. The maximum Gasteiger partial charge on any atom is 0.237 e. The summed E-state index contributed by atoms with van der Waals surface area (Å²) in [7, 11) is 0. The molecule has 0 spiro atoms. The van der Waals surface area contributed by atoms with E-state index in [0.717, 1.165) is 0 Å². The molecule has 1 aromatic rings. The van der Waals surface area contributed by atoms with E-state index in [2.05, 4.69) is 4.98 Å². The molecule has 17 heavy (non-hydrogen) atoms. The third-order valence-corrected chi connectivity index (χ3v) is 3.04. The Balaban J connectivity index is 2.12. The van der Waals surface area contributed by atoms with Crippen LogP contribution in [0, 0.1) is 5.92 Å². The molecule has 1 unspecified atom stereocenters. The lowest BCUT2D eigenvalue weighted by atomic mass is 10.1. The van der Waals surface area contributed by atoms with E-state index in [1.54, 1.807) is 17.3 Å². The zero-order valence-electron chi connectivity index (χ0n) is 10.4. The molecule has 5 heteroatoms. The van der Waals surface area contributed by atoms with E-state index in [0.29, 0.717) is 13.0 Å². The highest BCUT2D eigenvalue weighted by atomic mass is 16.2. The van der Waals surface area contributed by atoms with Crippen LogP contribution in [-0.2, 0) is 4.79 Å². The summed E-state index contributed by atoms with van der Waals surface area (Å²) in [5.74, 6) is -0.255. The van der Waals surface area contributed by atoms with Gasteiger partial charge in [-0.3, -0.25) is 14.2 Å². The van der Waals surface area contributed by atoms with E-state index in [9.17, 15) is 9.59 Å². The molecule has 0 radical (unpaired) electrons. The lowest BCUT2D eigenvalue weighted by molar-refractivity contribution is -0.131. The van der Waals surface area contributed by atoms with Crippen LogP contribution in [-0.4, -0.2) is 38.3 Å². The van der Waals surface area contributed by atoms with Gasteiger partial charge in [0, 0.05) is 30.9 Å². The van der Waals surface area contributed by atoms with E-state index in [4.69, 9.17) is 0 Å². The number of nitrogens with zero attached hydrogens (tertiary/aromatic N) is 3. The minimum Gasteiger partial charge on any atom is -0.337 e. The van der Waals surface area contributed by atoms with Crippen molar-refractivity contribution in [3.05, 3.63) is 18.7 Å². The number of carbonyl (C=O) groups is 2. The van der Waals surface area contributed by atoms with Crippen LogP contribution in [0.2, 0.25) is 0 Å². The molecule has 5 nitrogen and oxygen atoms in total. The monoisotopic (exact) mass is 235 g/mol. The van der Waals surface area contributed by atoms with Gasteiger partial charge in [-0.25, -0.2) is 4.98 Å². The maximum atomic E-state index is 12.1. The van der Waals surface area contributed by atoms with Gasteiger partial charge in [-0.15, -0.1) is 0 Å². The molecule has 1 aromatic heterocycles. The molecule has 1 atom stereocenters. The summed E-state index contributed by atoms with van der Waals surface area (Å²) >= 11 is 0. The number of imidazole rings is 1. The fraction of sp³-hybridized carbons (Fsp3) is 0.583. The molecule has 1 aliphatic rings. The minimum absolute atomic E-state index is 0.0518. The summed E-state index contributed by atoms with van der Waals surface area (Å²) in [6.07, 6.45) is 4.96. The number of aromatic nitrogens is 2. The van der Waals surface area contributed by atoms with Crippen molar-refractivity contribution in [2.45, 2.75) is 32.7 Å². The Hall–Kier alpha value is -1.65. The first-order chi connectivity index (χ1) is 7.89. The van der Waals surface area contributed by atoms with Crippen molar-refractivity contribution in [1.29, 1.82) is 0 Å². The van der Waals surface area contributed by atoms with Crippen molar-refractivity contribution in [2.24, 2.45) is 5.92 Å². The Morgan fingerprint density at radius 1 is 1.47 bits per heavy atom. The molecule has 0 aliphatic carbocycles. The Morgan fingerprint density at radius 3 is 2.65 bits per heavy atom. The molecule has 0 N–H and O–H groups in total. The Morgan fingerprint density at radius 2 is 2.18 bits per heavy atom. The molecule has 2 rings (SSSR count). The lowest BCUT2D eigenvalue weighted by Gasteiger charge is -2.31. The predicted molar refractivity (Wildman–Crippen MR) is 62.4 cm³/mol. The quantitative estimate of drug-likeness (QED) is 0.734. The van der Waals surface area contributed by atoms with Crippen molar-refractivity contribution in [3.63, 3.8) is 0 Å². The molecule has 1 fully saturated rings. The molecule has 1 amide bonds. The molecule has 2 heterocycles. The van der Waals surface area contributed by atoms with Crippen molar-refractivity contribution in [1.82, 2.24) is 14.5 Å². The number of carbonyl (C=O) groups excluding carboxylic acids is 2. The van der Waals surface area contributed by atoms with Crippen molar-refractivity contribution >= 4 is 11.8 Å². The van der Waals surface area contributed by atoms with Crippen molar-refractivity contribution in [3.8, 4) is 0 Å². The molecule has 0 bridgehead atoms. The summed E-state index contributed by atoms with van der Waals surface area (Å²) in [5, 5.41) is 0. The Labute approximate surface area is 100 Å². The van der Waals surface area contributed by atoms with Gasteiger partial charge in [0.25, 0.3) is 0 Å². The van der Waals surface area contributed by atoms with Crippen molar-refractivity contribution < 1.29 is 9.59 Å². The summed E-state index contributed by atoms with van der Waals surface area (Å²) in [6.45, 7) is 6.44. The average molecular weight is 235 g/mol. The smallest absolute Gasteiger partial charge is 0.237 e.